The van der Waals surface area contributed by atoms with Gasteiger partial charge in [0.1, 0.15) is 26.6 Å². The van der Waals surface area contributed by atoms with Gasteiger partial charge in [0.05, 0.1) is 5.69 Å². The quantitative estimate of drug-likeness (QED) is 0.617. The van der Waals surface area contributed by atoms with Crippen LogP contribution >= 0.6 is 23.1 Å². The third-order valence-corrected chi connectivity index (χ3v) is 7.27. The number of hydrogen-bond donors (Lipinski definition) is 0. The molecule has 1 aromatic carbocycles. The van der Waals surface area contributed by atoms with E-state index in [1.165, 1.54) is 35.2 Å². The van der Waals surface area contributed by atoms with E-state index in [1.54, 1.807) is 10.6 Å². The van der Waals surface area contributed by atoms with Gasteiger partial charge in [-0.05, 0) is 38.1 Å². The lowest BCUT2D eigenvalue weighted by atomic mass is 10.3. The van der Waals surface area contributed by atoms with Crippen molar-refractivity contribution in [2.24, 2.45) is 0 Å². The van der Waals surface area contributed by atoms with Crippen molar-refractivity contribution in [3.05, 3.63) is 73.7 Å². The zero-order valence-electron chi connectivity index (χ0n) is 16.0. The van der Waals surface area contributed by atoms with Crippen molar-refractivity contribution in [1.82, 2.24) is 4.57 Å². The maximum absolute atomic E-state index is 13.6. The standard InChI is InChI=1S/C21H21FN3OS2/c1-4-24-11-7-6-8-15(24)13-18-25(5-2)20(26)19(28-18)21-23(3)16-10-9-14(22)12-17(16)27-21/h6-13H,4-5H2,1-3H3/q+1/b21-19+. The Balaban J connectivity index is 1.93. The first kappa shape index (κ1) is 19.0. The number of pyridine rings is 1. The van der Waals surface area contributed by atoms with E-state index < -0.39 is 0 Å². The van der Waals surface area contributed by atoms with E-state index in [-0.39, 0.29) is 11.4 Å². The van der Waals surface area contributed by atoms with Gasteiger partial charge in [0, 0.05) is 36.7 Å². The van der Waals surface area contributed by atoms with Crippen molar-refractivity contribution in [3.8, 4) is 0 Å². The number of anilines is 1. The number of aromatic nitrogens is 2. The largest absolute Gasteiger partial charge is 0.337 e. The number of thioether (sulfide) groups is 1. The van der Waals surface area contributed by atoms with Crippen molar-refractivity contribution in [2.75, 3.05) is 11.9 Å². The normalized spacial score (nSPS) is 16.0. The van der Waals surface area contributed by atoms with E-state index in [9.17, 15) is 9.18 Å². The molecule has 0 saturated carbocycles. The molecule has 0 amide bonds. The fraction of sp³-hybridized carbons (Fsp3) is 0.238. The molecule has 3 heterocycles. The van der Waals surface area contributed by atoms with Crippen LogP contribution in [0, 0.1) is 5.82 Å². The fourth-order valence-corrected chi connectivity index (χ4v) is 5.82. The first-order valence-corrected chi connectivity index (χ1v) is 10.8. The first-order valence-electron chi connectivity index (χ1n) is 9.18. The van der Waals surface area contributed by atoms with Crippen LogP contribution in [0.1, 0.15) is 19.5 Å². The summed E-state index contributed by atoms with van der Waals surface area (Å²) in [7, 11) is 1.92. The highest BCUT2D eigenvalue weighted by molar-refractivity contribution is 8.08. The van der Waals surface area contributed by atoms with Crippen LogP contribution in [0.3, 0.4) is 0 Å². The lowest BCUT2D eigenvalue weighted by molar-refractivity contribution is -0.695. The molecule has 2 aromatic heterocycles. The number of aryl methyl sites for hydroxylation is 1. The molecule has 1 aliphatic heterocycles. The summed E-state index contributed by atoms with van der Waals surface area (Å²) >= 11 is 2.94. The lowest BCUT2D eigenvalue weighted by Gasteiger charge is -2.12. The topological polar surface area (TPSA) is 29.1 Å². The van der Waals surface area contributed by atoms with Crippen LogP contribution < -0.4 is 24.2 Å². The summed E-state index contributed by atoms with van der Waals surface area (Å²) in [5, 5.41) is 0.855. The summed E-state index contributed by atoms with van der Waals surface area (Å²) in [6, 6.07) is 10.8. The molecule has 144 valence electrons. The Bertz CT molecular complexity index is 1230. The SMILES string of the molecule is CCn1c(=O)/c(=C2\Sc3cc(F)ccc3N2C)s/c1=C\c1cccc[n+]1CC. The Morgan fingerprint density at radius 2 is 2.04 bits per heavy atom. The third-order valence-electron chi connectivity index (χ3n) is 4.80. The number of halogens is 1. The van der Waals surface area contributed by atoms with Gasteiger partial charge in [-0.3, -0.25) is 9.36 Å². The molecule has 0 bridgehead atoms. The number of benzene rings is 1. The molecule has 0 atom stereocenters. The zero-order chi connectivity index (χ0) is 19.8. The van der Waals surface area contributed by atoms with Gasteiger partial charge in [-0.1, -0.05) is 11.8 Å². The van der Waals surface area contributed by atoms with Crippen LogP contribution in [-0.2, 0) is 13.1 Å². The van der Waals surface area contributed by atoms with Crippen LogP contribution in [-0.4, -0.2) is 11.6 Å². The zero-order valence-corrected chi connectivity index (χ0v) is 17.6. The number of fused-ring (bicyclic) bond motifs is 1. The van der Waals surface area contributed by atoms with Crippen molar-refractivity contribution in [3.63, 3.8) is 0 Å². The smallest absolute Gasteiger partial charge is 0.271 e. The monoisotopic (exact) mass is 414 g/mol. The molecular formula is C21H21FN3OS2+. The van der Waals surface area contributed by atoms with Crippen LogP contribution in [0.4, 0.5) is 10.1 Å². The van der Waals surface area contributed by atoms with Crippen LogP contribution in [0.2, 0.25) is 0 Å². The highest BCUT2D eigenvalue weighted by atomic mass is 32.2. The Kier molecular flexibility index (Phi) is 5.12. The second-order valence-electron chi connectivity index (χ2n) is 6.45. The predicted molar refractivity (Wildman–Crippen MR) is 113 cm³/mol. The second-order valence-corrected chi connectivity index (χ2v) is 8.51. The number of nitrogens with zero attached hydrogens (tertiary/aromatic N) is 3. The van der Waals surface area contributed by atoms with Gasteiger partial charge in [-0.25, -0.2) is 4.39 Å². The van der Waals surface area contributed by atoms with E-state index >= 15 is 0 Å². The second kappa shape index (κ2) is 7.56. The minimum Gasteiger partial charge on any atom is -0.337 e. The lowest BCUT2D eigenvalue weighted by Crippen LogP contribution is -2.36. The van der Waals surface area contributed by atoms with Gasteiger partial charge in [-0.2, -0.15) is 4.57 Å². The van der Waals surface area contributed by atoms with Gasteiger partial charge >= 0.3 is 0 Å². The molecule has 7 heteroatoms. The van der Waals surface area contributed by atoms with Gasteiger partial charge in [0.25, 0.3) is 5.56 Å². The van der Waals surface area contributed by atoms with Gasteiger partial charge in [-0.15, -0.1) is 11.3 Å². The minimum atomic E-state index is -0.264. The van der Waals surface area contributed by atoms with E-state index in [0.717, 1.165) is 32.5 Å². The molecule has 0 saturated heterocycles. The minimum absolute atomic E-state index is 0.000331. The molecule has 3 aromatic rings. The van der Waals surface area contributed by atoms with Crippen LogP contribution in [0.25, 0.3) is 11.1 Å². The molecule has 28 heavy (non-hydrogen) atoms. The summed E-state index contributed by atoms with van der Waals surface area (Å²) in [5.41, 5.74) is 1.98. The summed E-state index contributed by atoms with van der Waals surface area (Å²) in [6.07, 6.45) is 4.10. The third kappa shape index (κ3) is 3.18. The van der Waals surface area contributed by atoms with Crippen molar-refractivity contribution >= 4 is 39.9 Å². The summed E-state index contributed by atoms with van der Waals surface area (Å²) < 4.78 is 19.2. The van der Waals surface area contributed by atoms with Gasteiger partial charge in [0.2, 0.25) is 5.69 Å². The Morgan fingerprint density at radius 1 is 1.21 bits per heavy atom. The Morgan fingerprint density at radius 3 is 2.79 bits per heavy atom. The predicted octanol–water partition coefficient (Wildman–Crippen LogP) is 2.51. The molecule has 4 nitrogen and oxygen atoms in total. The molecule has 0 fully saturated rings. The Hall–Kier alpha value is -2.38. The number of hydrogen-bond acceptors (Lipinski definition) is 4. The fourth-order valence-electron chi connectivity index (χ4n) is 3.33. The van der Waals surface area contributed by atoms with Crippen molar-refractivity contribution in [1.29, 1.82) is 0 Å². The molecule has 0 aliphatic carbocycles. The summed E-state index contributed by atoms with van der Waals surface area (Å²) in [5.74, 6) is -0.264. The number of rotatable bonds is 3. The van der Waals surface area contributed by atoms with Crippen molar-refractivity contribution < 1.29 is 8.96 Å². The van der Waals surface area contributed by atoms with E-state index in [2.05, 4.69) is 23.6 Å². The molecule has 0 spiro atoms. The number of thiazole rings is 1. The summed E-state index contributed by atoms with van der Waals surface area (Å²) in [4.78, 5) is 15.9. The van der Waals surface area contributed by atoms with E-state index in [4.69, 9.17) is 0 Å². The molecule has 4 rings (SSSR count). The van der Waals surface area contributed by atoms with Crippen molar-refractivity contribution in [2.45, 2.75) is 31.8 Å². The average molecular weight is 415 g/mol. The Labute approximate surface area is 170 Å². The average Bonchev–Trinajstić information content (AvgIpc) is 3.18. The highest BCUT2D eigenvalue weighted by Gasteiger charge is 2.25. The van der Waals surface area contributed by atoms with Crippen LogP contribution in [0.15, 0.2) is 52.3 Å². The molecule has 0 unspecified atom stereocenters. The van der Waals surface area contributed by atoms with E-state index in [0.29, 0.717) is 11.1 Å². The summed E-state index contributed by atoms with van der Waals surface area (Å²) in [6.45, 7) is 5.54. The maximum Gasteiger partial charge on any atom is 0.271 e. The molecular weight excluding hydrogens is 393 g/mol. The van der Waals surface area contributed by atoms with E-state index in [1.807, 2.05) is 37.2 Å². The van der Waals surface area contributed by atoms with Gasteiger partial charge in [0.15, 0.2) is 6.20 Å². The van der Waals surface area contributed by atoms with Crippen LogP contribution in [0.5, 0.6) is 0 Å². The molecule has 1 aliphatic rings. The molecule has 0 radical (unpaired) electrons. The highest BCUT2D eigenvalue weighted by Crippen LogP contribution is 2.45. The first-order chi connectivity index (χ1) is 13.5. The van der Waals surface area contributed by atoms with Gasteiger partial charge < -0.3 is 4.90 Å². The maximum atomic E-state index is 13.6. The molecule has 0 N–H and O–H groups in total.